The van der Waals surface area contributed by atoms with Crippen LogP contribution in [0.5, 0.6) is 5.88 Å². The third kappa shape index (κ3) is 2.52. The van der Waals surface area contributed by atoms with Gasteiger partial charge in [-0.25, -0.2) is 4.68 Å². The average molecular weight is 373 g/mol. The highest BCUT2D eigenvalue weighted by atomic mass is 16.5. The van der Waals surface area contributed by atoms with Gasteiger partial charge in [0.2, 0.25) is 5.88 Å². The smallest absolute Gasteiger partial charge is 0.223 e. The first-order chi connectivity index (χ1) is 13.8. The molecule has 6 nitrogen and oxygen atoms in total. The minimum absolute atomic E-state index is 0.451. The van der Waals surface area contributed by atoms with Gasteiger partial charge >= 0.3 is 0 Å². The molecule has 1 N–H and O–H groups in total. The van der Waals surface area contributed by atoms with Gasteiger partial charge in [0.1, 0.15) is 12.4 Å². The first kappa shape index (κ1) is 16.1. The van der Waals surface area contributed by atoms with Crippen LogP contribution in [0.4, 0.5) is 5.82 Å². The van der Waals surface area contributed by atoms with Gasteiger partial charge in [0.05, 0.1) is 5.69 Å². The largest absolute Gasteiger partial charge is 0.472 e. The Morgan fingerprint density at radius 2 is 2.04 bits per heavy atom. The Hall–Kier alpha value is -2.86. The van der Waals surface area contributed by atoms with Crippen molar-refractivity contribution >= 4 is 5.82 Å². The van der Waals surface area contributed by atoms with E-state index in [0.717, 1.165) is 49.1 Å². The predicted molar refractivity (Wildman–Crippen MR) is 108 cm³/mol. The van der Waals surface area contributed by atoms with Crippen LogP contribution in [0.2, 0.25) is 0 Å². The van der Waals surface area contributed by atoms with Crippen LogP contribution in [0.3, 0.4) is 0 Å². The summed E-state index contributed by atoms with van der Waals surface area (Å²) in [5.74, 6) is 1.78. The van der Waals surface area contributed by atoms with E-state index in [0.29, 0.717) is 12.0 Å². The van der Waals surface area contributed by atoms with Crippen LogP contribution in [-0.2, 0) is 6.61 Å². The average Bonchev–Trinajstić information content (AvgIpc) is 3.26. The molecule has 0 saturated carbocycles. The third-order valence-electron chi connectivity index (χ3n) is 6.30. The third-order valence-corrected chi connectivity index (χ3v) is 6.30. The van der Waals surface area contributed by atoms with Crippen molar-refractivity contribution in [1.29, 1.82) is 0 Å². The minimum Gasteiger partial charge on any atom is -0.472 e. The lowest BCUT2D eigenvalue weighted by atomic mass is 9.74. The molecule has 2 saturated heterocycles. The Morgan fingerprint density at radius 3 is 2.86 bits per heavy atom. The van der Waals surface area contributed by atoms with E-state index in [1.807, 2.05) is 16.9 Å². The molecule has 0 atom stereocenters. The second-order valence-electron chi connectivity index (χ2n) is 8.24. The molecule has 0 amide bonds. The van der Waals surface area contributed by atoms with Gasteiger partial charge in [0.15, 0.2) is 0 Å². The molecule has 1 spiro atoms. The number of fused-ring (bicyclic) bond motifs is 3. The van der Waals surface area contributed by atoms with E-state index < -0.39 is 0 Å². The zero-order valence-electron chi connectivity index (χ0n) is 15.8. The van der Waals surface area contributed by atoms with E-state index in [-0.39, 0.29) is 0 Å². The molecule has 0 unspecified atom stereocenters. The number of hydrogen-bond donors (Lipinski definition) is 1. The zero-order valence-corrected chi connectivity index (χ0v) is 15.8. The molecule has 3 aliphatic heterocycles. The standard InChI is InChI=1S/C22H23N5O/c1-7-22(13-23-8-1)14-26(15-22)20-6-5-19-18-4-3-17(27-10-2-9-24-27)11-16(18)12-28-21(19)25-20/h2-6,9-11,23H,1,7-8,12-15H2. The van der Waals surface area contributed by atoms with Crippen molar-refractivity contribution in [3.8, 4) is 22.7 Å². The fourth-order valence-corrected chi connectivity index (χ4v) is 4.82. The number of nitrogens with zero attached hydrogens (tertiary/aromatic N) is 4. The normalized spacial score (nSPS) is 19.5. The van der Waals surface area contributed by atoms with Crippen molar-refractivity contribution in [3.63, 3.8) is 0 Å². The van der Waals surface area contributed by atoms with Crippen LogP contribution in [0.1, 0.15) is 18.4 Å². The fourth-order valence-electron chi connectivity index (χ4n) is 4.82. The van der Waals surface area contributed by atoms with E-state index in [4.69, 9.17) is 9.72 Å². The van der Waals surface area contributed by atoms with Gasteiger partial charge < -0.3 is 15.0 Å². The van der Waals surface area contributed by atoms with Crippen molar-refractivity contribution in [2.45, 2.75) is 19.4 Å². The molecule has 142 valence electrons. The number of aromatic nitrogens is 3. The first-order valence-electron chi connectivity index (χ1n) is 10.0. The van der Waals surface area contributed by atoms with Gasteiger partial charge in [0.25, 0.3) is 0 Å². The molecule has 0 radical (unpaired) electrons. The second kappa shape index (κ2) is 6.07. The Morgan fingerprint density at radius 1 is 1.11 bits per heavy atom. The molecule has 3 aromatic rings. The van der Waals surface area contributed by atoms with Crippen molar-refractivity contribution in [2.24, 2.45) is 5.41 Å². The second-order valence-corrected chi connectivity index (χ2v) is 8.24. The number of benzene rings is 1. The van der Waals surface area contributed by atoms with Crippen LogP contribution >= 0.6 is 0 Å². The number of pyridine rings is 1. The molecule has 0 bridgehead atoms. The van der Waals surface area contributed by atoms with Crippen LogP contribution in [0.15, 0.2) is 48.8 Å². The summed E-state index contributed by atoms with van der Waals surface area (Å²) in [4.78, 5) is 7.23. The molecule has 6 heteroatoms. The molecule has 28 heavy (non-hydrogen) atoms. The Balaban J connectivity index is 1.27. The van der Waals surface area contributed by atoms with Gasteiger partial charge in [-0.15, -0.1) is 0 Å². The summed E-state index contributed by atoms with van der Waals surface area (Å²) in [7, 11) is 0. The molecule has 2 aromatic heterocycles. The summed E-state index contributed by atoms with van der Waals surface area (Å²) in [6, 6.07) is 12.6. The van der Waals surface area contributed by atoms with Crippen LogP contribution in [0, 0.1) is 5.41 Å². The van der Waals surface area contributed by atoms with E-state index in [1.54, 1.807) is 6.20 Å². The molecule has 2 fully saturated rings. The number of ether oxygens (including phenoxy) is 1. The first-order valence-corrected chi connectivity index (χ1v) is 10.0. The summed E-state index contributed by atoms with van der Waals surface area (Å²) in [5.41, 5.74) is 4.95. The van der Waals surface area contributed by atoms with E-state index in [2.05, 4.69) is 45.6 Å². The Labute approximate surface area is 164 Å². The number of piperidine rings is 1. The monoisotopic (exact) mass is 373 g/mol. The maximum atomic E-state index is 6.04. The maximum absolute atomic E-state index is 6.04. The van der Waals surface area contributed by atoms with Gasteiger partial charge in [-0.2, -0.15) is 10.1 Å². The Bertz CT molecular complexity index is 1020. The van der Waals surface area contributed by atoms with Crippen molar-refractivity contribution in [1.82, 2.24) is 20.1 Å². The number of anilines is 1. The molecule has 6 rings (SSSR count). The summed E-state index contributed by atoms with van der Waals surface area (Å²) in [6.45, 7) is 5.03. The van der Waals surface area contributed by atoms with Crippen molar-refractivity contribution in [3.05, 3.63) is 54.4 Å². The summed E-state index contributed by atoms with van der Waals surface area (Å²) in [6.07, 6.45) is 6.35. The van der Waals surface area contributed by atoms with Gasteiger partial charge in [-0.05, 0) is 60.8 Å². The lowest BCUT2D eigenvalue weighted by Crippen LogP contribution is -2.62. The number of nitrogens with one attached hydrogen (secondary N) is 1. The van der Waals surface area contributed by atoms with E-state index in [9.17, 15) is 0 Å². The summed E-state index contributed by atoms with van der Waals surface area (Å²) in [5, 5.41) is 7.86. The molecule has 5 heterocycles. The molecule has 1 aromatic carbocycles. The highest BCUT2D eigenvalue weighted by Crippen LogP contribution is 2.42. The van der Waals surface area contributed by atoms with Gasteiger partial charge in [0, 0.05) is 43.0 Å². The topological polar surface area (TPSA) is 55.2 Å². The number of rotatable bonds is 2. The molecular formula is C22H23N5O. The molecular weight excluding hydrogens is 350 g/mol. The number of hydrogen-bond acceptors (Lipinski definition) is 5. The maximum Gasteiger partial charge on any atom is 0.223 e. The lowest BCUT2D eigenvalue weighted by molar-refractivity contribution is 0.155. The van der Waals surface area contributed by atoms with Crippen LogP contribution in [-0.4, -0.2) is 40.9 Å². The lowest BCUT2D eigenvalue weighted by Gasteiger charge is -2.53. The van der Waals surface area contributed by atoms with Crippen LogP contribution in [0.25, 0.3) is 16.8 Å². The van der Waals surface area contributed by atoms with Crippen LogP contribution < -0.4 is 15.0 Å². The fraction of sp³-hybridized carbons (Fsp3) is 0.364. The summed E-state index contributed by atoms with van der Waals surface area (Å²) >= 11 is 0. The van der Waals surface area contributed by atoms with Gasteiger partial charge in [-0.1, -0.05) is 6.07 Å². The van der Waals surface area contributed by atoms with Crippen molar-refractivity contribution in [2.75, 3.05) is 31.1 Å². The highest BCUT2D eigenvalue weighted by Gasteiger charge is 2.44. The zero-order chi connectivity index (χ0) is 18.6. The minimum atomic E-state index is 0.451. The van der Waals surface area contributed by atoms with Gasteiger partial charge in [-0.3, -0.25) is 0 Å². The van der Waals surface area contributed by atoms with Crippen molar-refractivity contribution < 1.29 is 4.74 Å². The highest BCUT2D eigenvalue weighted by molar-refractivity contribution is 5.75. The summed E-state index contributed by atoms with van der Waals surface area (Å²) < 4.78 is 7.91. The van der Waals surface area contributed by atoms with E-state index in [1.165, 1.54) is 24.0 Å². The van der Waals surface area contributed by atoms with E-state index >= 15 is 0 Å². The quantitative estimate of drug-likeness (QED) is 0.748. The SMILES string of the molecule is c1cnn(-c2ccc3c(c2)COc2nc(N4CC5(CCCNC5)C4)ccc2-3)c1. The predicted octanol–water partition coefficient (Wildman–Crippen LogP) is 3.02. The molecule has 0 aliphatic carbocycles. The Kier molecular flexibility index (Phi) is 3.50. The molecule has 3 aliphatic rings.